The molecule has 5 nitrogen and oxygen atoms in total. The van der Waals surface area contributed by atoms with Gasteiger partial charge in [0.05, 0.1) is 20.3 Å². The Balaban J connectivity index is 3.27. The molecule has 21 heavy (non-hydrogen) atoms. The molecule has 0 amide bonds. The monoisotopic (exact) mass is 315 g/mol. The summed E-state index contributed by atoms with van der Waals surface area (Å²) in [7, 11) is -1.86. The second kappa shape index (κ2) is 7.95. The van der Waals surface area contributed by atoms with E-state index in [1.165, 1.54) is 0 Å². The van der Waals surface area contributed by atoms with E-state index in [2.05, 4.69) is 13.8 Å². The largest absolute Gasteiger partial charge is 0.496 e. The summed E-state index contributed by atoms with van der Waals surface area (Å²) < 4.78 is 28.9. The fraction of sp³-hybridized carbons (Fsp3) is 0.600. The quantitative estimate of drug-likeness (QED) is 0.733. The maximum Gasteiger partial charge on any atom is 0.351 e. The van der Waals surface area contributed by atoms with Gasteiger partial charge in [-0.1, -0.05) is 19.9 Å². The second-order valence-corrected chi connectivity index (χ2v) is 7.13. The maximum atomic E-state index is 12.8. The zero-order valence-electron chi connectivity index (χ0n) is 13.5. The van der Waals surface area contributed by atoms with Crippen LogP contribution in [0.15, 0.2) is 18.2 Å². The first-order valence-corrected chi connectivity index (χ1v) is 8.83. The summed E-state index contributed by atoms with van der Waals surface area (Å²) in [5, 5.41) is 0. The minimum atomic E-state index is -3.42. The highest BCUT2D eigenvalue weighted by molar-refractivity contribution is 7.54. The lowest BCUT2D eigenvalue weighted by Gasteiger charge is -2.25. The van der Waals surface area contributed by atoms with Crippen molar-refractivity contribution in [2.75, 3.05) is 20.3 Å². The van der Waals surface area contributed by atoms with Crippen LogP contribution in [0.5, 0.6) is 5.75 Å². The summed E-state index contributed by atoms with van der Waals surface area (Å²) in [6.45, 7) is 8.25. The molecule has 0 unspecified atom stereocenters. The Labute approximate surface area is 127 Å². The molecule has 6 heteroatoms. The summed E-state index contributed by atoms with van der Waals surface area (Å²) in [4.78, 5) is 0. The molecule has 0 bridgehead atoms. The van der Waals surface area contributed by atoms with Crippen molar-refractivity contribution in [3.63, 3.8) is 0 Å². The topological polar surface area (TPSA) is 70.8 Å². The molecule has 0 aliphatic heterocycles. The number of hydrogen-bond donors (Lipinski definition) is 1. The standard InChI is InChI=1S/C15H26NO4P/c1-6-19-21(17,20-7-2)15(16)13-10-12(11(3)4)8-9-14(13)18-5/h8-11,15H,6-7,16H2,1-5H3/t15-/m0/s1. The fourth-order valence-corrected chi connectivity index (χ4v) is 3.73. The Morgan fingerprint density at radius 1 is 1.19 bits per heavy atom. The average molecular weight is 315 g/mol. The predicted octanol–water partition coefficient (Wildman–Crippen LogP) is 4.04. The fourth-order valence-electron chi connectivity index (χ4n) is 2.07. The van der Waals surface area contributed by atoms with Crippen LogP contribution in [0.1, 0.15) is 50.5 Å². The molecule has 0 aliphatic rings. The van der Waals surface area contributed by atoms with Crippen LogP contribution in [0.3, 0.4) is 0 Å². The Morgan fingerprint density at radius 2 is 1.76 bits per heavy atom. The summed E-state index contributed by atoms with van der Waals surface area (Å²) in [5.74, 6) is 0.0537. The minimum Gasteiger partial charge on any atom is -0.496 e. The van der Waals surface area contributed by atoms with Crippen molar-refractivity contribution in [3.8, 4) is 5.75 Å². The van der Waals surface area contributed by atoms with Crippen LogP contribution in [0, 0.1) is 0 Å². The molecule has 2 N–H and O–H groups in total. The van der Waals surface area contributed by atoms with Gasteiger partial charge < -0.3 is 19.5 Å². The molecule has 0 aliphatic carbocycles. The van der Waals surface area contributed by atoms with Crippen LogP contribution < -0.4 is 10.5 Å². The molecule has 1 rings (SSSR count). The molecule has 0 spiro atoms. The van der Waals surface area contributed by atoms with Crippen LogP contribution in [0.4, 0.5) is 0 Å². The third kappa shape index (κ3) is 4.30. The van der Waals surface area contributed by atoms with E-state index >= 15 is 0 Å². The predicted molar refractivity (Wildman–Crippen MR) is 84.9 cm³/mol. The maximum absolute atomic E-state index is 12.8. The average Bonchev–Trinajstić information content (AvgIpc) is 2.46. The Kier molecular flexibility index (Phi) is 6.88. The van der Waals surface area contributed by atoms with Gasteiger partial charge in [-0.2, -0.15) is 0 Å². The van der Waals surface area contributed by atoms with E-state index in [4.69, 9.17) is 19.5 Å². The first kappa shape index (κ1) is 18.2. The SMILES string of the molecule is CCOP(=O)(OCC)[C@H](N)c1cc(C(C)C)ccc1OC. The van der Waals surface area contributed by atoms with E-state index in [0.717, 1.165) is 5.56 Å². The molecule has 0 heterocycles. The highest BCUT2D eigenvalue weighted by atomic mass is 31.2. The van der Waals surface area contributed by atoms with Crippen LogP contribution in [0.25, 0.3) is 0 Å². The molecule has 0 fully saturated rings. The molecule has 1 aromatic carbocycles. The van der Waals surface area contributed by atoms with E-state index in [9.17, 15) is 4.57 Å². The number of nitrogens with two attached hydrogens (primary N) is 1. The molecule has 1 atom stereocenters. The van der Waals surface area contributed by atoms with E-state index in [1.807, 2.05) is 18.2 Å². The van der Waals surface area contributed by atoms with Crippen molar-refractivity contribution in [3.05, 3.63) is 29.3 Å². The van der Waals surface area contributed by atoms with Gasteiger partial charge in [-0.3, -0.25) is 4.57 Å². The normalized spacial score (nSPS) is 13.5. The van der Waals surface area contributed by atoms with E-state index in [1.54, 1.807) is 21.0 Å². The zero-order chi connectivity index (χ0) is 16.0. The van der Waals surface area contributed by atoms with Crippen molar-refractivity contribution >= 4 is 7.60 Å². The van der Waals surface area contributed by atoms with E-state index < -0.39 is 13.4 Å². The Morgan fingerprint density at radius 3 is 2.19 bits per heavy atom. The number of rotatable bonds is 8. The Hall–Kier alpha value is -0.870. The lowest BCUT2D eigenvalue weighted by molar-refractivity contribution is 0.212. The third-order valence-electron chi connectivity index (χ3n) is 3.20. The zero-order valence-corrected chi connectivity index (χ0v) is 14.4. The molecule has 0 aromatic heterocycles. The molecule has 0 saturated carbocycles. The van der Waals surface area contributed by atoms with Gasteiger partial charge in [-0.25, -0.2) is 0 Å². The van der Waals surface area contributed by atoms with Crippen molar-refractivity contribution < 1.29 is 18.3 Å². The van der Waals surface area contributed by atoms with Gasteiger partial charge in [-0.05, 0) is 37.5 Å². The lowest BCUT2D eigenvalue weighted by atomic mass is 10.0. The lowest BCUT2D eigenvalue weighted by Crippen LogP contribution is -2.16. The van der Waals surface area contributed by atoms with Gasteiger partial charge in [-0.15, -0.1) is 0 Å². The summed E-state index contributed by atoms with van der Waals surface area (Å²) in [5.41, 5.74) is 7.94. The third-order valence-corrected chi connectivity index (χ3v) is 5.39. The van der Waals surface area contributed by atoms with Crippen molar-refractivity contribution in [1.29, 1.82) is 0 Å². The van der Waals surface area contributed by atoms with Gasteiger partial charge in [0.25, 0.3) is 0 Å². The summed E-state index contributed by atoms with van der Waals surface area (Å²) >= 11 is 0. The van der Waals surface area contributed by atoms with Crippen molar-refractivity contribution in [1.82, 2.24) is 0 Å². The molecule has 1 aromatic rings. The summed E-state index contributed by atoms with van der Waals surface area (Å²) in [6, 6.07) is 5.73. The van der Waals surface area contributed by atoms with Crippen LogP contribution in [-0.2, 0) is 13.6 Å². The van der Waals surface area contributed by atoms with E-state index in [0.29, 0.717) is 17.2 Å². The minimum absolute atomic E-state index is 0.275. The van der Waals surface area contributed by atoms with Gasteiger partial charge in [0.15, 0.2) is 0 Å². The Bertz CT molecular complexity index is 494. The summed E-state index contributed by atoms with van der Waals surface area (Å²) in [6.07, 6.45) is 0. The second-order valence-electron chi connectivity index (χ2n) is 4.98. The van der Waals surface area contributed by atoms with Gasteiger partial charge in [0.1, 0.15) is 11.5 Å². The van der Waals surface area contributed by atoms with Gasteiger partial charge >= 0.3 is 7.60 Å². The van der Waals surface area contributed by atoms with Gasteiger partial charge in [0, 0.05) is 5.56 Å². The molecular formula is C15H26NO4P. The molecule has 0 radical (unpaired) electrons. The van der Waals surface area contributed by atoms with Gasteiger partial charge in [0.2, 0.25) is 0 Å². The molecule has 120 valence electrons. The highest BCUT2D eigenvalue weighted by Gasteiger charge is 2.35. The first-order valence-electron chi connectivity index (χ1n) is 7.21. The smallest absolute Gasteiger partial charge is 0.351 e. The highest BCUT2D eigenvalue weighted by Crippen LogP contribution is 2.59. The molecular weight excluding hydrogens is 289 g/mol. The van der Waals surface area contributed by atoms with Crippen molar-refractivity contribution in [2.24, 2.45) is 5.73 Å². The number of benzene rings is 1. The number of ether oxygens (including phenoxy) is 1. The van der Waals surface area contributed by atoms with Crippen LogP contribution >= 0.6 is 7.60 Å². The van der Waals surface area contributed by atoms with Crippen molar-refractivity contribution in [2.45, 2.75) is 39.4 Å². The number of methoxy groups -OCH3 is 1. The van der Waals surface area contributed by atoms with Crippen LogP contribution in [-0.4, -0.2) is 20.3 Å². The van der Waals surface area contributed by atoms with E-state index in [-0.39, 0.29) is 13.2 Å². The van der Waals surface area contributed by atoms with Crippen LogP contribution in [0.2, 0.25) is 0 Å². The molecule has 0 saturated heterocycles. The number of hydrogen-bond acceptors (Lipinski definition) is 5. The first-order chi connectivity index (χ1) is 9.89.